The number of imidazole rings is 1. The van der Waals surface area contributed by atoms with Crippen molar-refractivity contribution >= 4 is 28.8 Å². The summed E-state index contributed by atoms with van der Waals surface area (Å²) in [5.74, 6) is 1.99. The monoisotopic (exact) mass is 487 g/mol. The van der Waals surface area contributed by atoms with E-state index in [1.54, 1.807) is 12.1 Å². The molecule has 0 aliphatic heterocycles. The van der Waals surface area contributed by atoms with Gasteiger partial charge in [-0.3, -0.25) is 0 Å². The van der Waals surface area contributed by atoms with Gasteiger partial charge in [-0.1, -0.05) is 32.9 Å². The van der Waals surface area contributed by atoms with Gasteiger partial charge >= 0.3 is 6.09 Å². The molecule has 0 aliphatic carbocycles. The molecule has 2 aromatic carbocycles. The summed E-state index contributed by atoms with van der Waals surface area (Å²) in [6, 6.07) is 17.4. The largest absolute Gasteiger partial charge is 0.457 e. The number of fused-ring (bicyclic) bond motifs is 1. The van der Waals surface area contributed by atoms with Gasteiger partial charge in [0.05, 0.1) is 11.0 Å². The highest BCUT2D eigenvalue weighted by molar-refractivity contribution is 5.81. The number of aromatic nitrogens is 3. The molecule has 4 rings (SSSR count). The van der Waals surface area contributed by atoms with Crippen molar-refractivity contribution in [1.29, 1.82) is 0 Å². The molecule has 2 N–H and O–H groups in total. The Morgan fingerprint density at radius 1 is 0.944 bits per heavy atom. The van der Waals surface area contributed by atoms with Crippen LogP contribution in [0.1, 0.15) is 47.1 Å². The number of hydrogen-bond donors (Lipinski definition) is 2. The molecule has 0 aliphatic rings. The van der Waals surface area contributed by atoms with Crippen LogP contribution in [-0.2, 0) is 12.5 Å². The van der Waals surface area contributed by atoms with E-state index in [0.717, 1.165) is 22.7 Å². The molecule has 8 nitrogen and oxygen atoms in total. The number of aryl methyl sites for hydroxylation is 1. The number of ether oxygens (including phenoxy) is 2. The van der Waals surface area contributed by atoms with Crippen LogP contribution in [0.3, 0.4) is 0 Å². The van der Waals surface area contributed by atoms with E-state index in [4.69, 9.17) is 14.5 Å². The molecule has 0 unspecified atom stereocenters. The fourth-order valence-electron chi connectivity index (χ4n) is 3.62. The topological polar surface area (TPSA) is 90.3 Å². The summed E-state index contributed by atoms with van der Waals surface area (Å²) in [6.07, 6.45) is 0.956. The number of nitrogens with zero attached hydrogens (tertiary/aromatic N) is 3. The molecule has 2 heterocycles. The Bertz CT molecular complexity index is 1400. The summed E-state index contributed by atoms with van der Waals surface area (Å²) in [5.41, 5.74) is 3.64. The molecule has 1 amide bonds. The first-order valence-electron chi connectivity index (χ1n) is 11.9. The molecule has 0 fully saturated rings. The Kier molecular flexibility index (Phi) is 6.63. The van der Waals surface area contributed by atoms with Gasteiger partial charge in [0.25, 0.3) is 0 Å². The van der Waals surface area contributed by atoms with Crippen LogP contribution in [0.5, 0.6) is 17.4 Å². The molecule has 0 saturated carbocycles. The Morgan fingerprint density at radius 2 is 1.69 bits per heavy atom. The fourth-order valence-corrected chi connectivity index (χ4v) is 3.62. The SMILES string of the molecule is Cn1c(Nc2cccc(C(C)(C)C)c2)nc2cc(Oc3ccnc(OC(=O)NC(C)(C)C)c3)ccc21. The van der Waals surface area contributed by atoms with Gasteiger partial charge in [0.2, 0.25) is 11.8 Å². The molecule has 0 bridgehead atoms. The number of carbonyl (C=O) groups is 1. The lowest BCUT2D eigenvalue weighted by Crippen LogP contribution is -2.42. The molecular weight excluding hydrogens is 454 g/mol. The second-order valence-electron chi connectivity index (χ2n) is 10.8. The lowest BCUT2D eigenvalue weighted by atomic mass is 9.87. The van der Waals surface area contributed by atoms with Crippen molar-refractivity contribution < 1.29 is 14.3 Å². The molecule has 0 radical (unpaired) electrons. The number of benzene rings is 2. The zero-order valence-corrected chi connectivity index (χ0v) is 21.8. The Morgan fingerprint density at radius 3 is 2.42 bits per heavy atom. The first kappa shape index (κ1) is 25.0. The number of nitrogens with one attached hydrogen (secondary N) is 2. The van der Waals surface area contributed by atoms with Gasteiger partial charge in [0.15, 0.2) is 0 Å². The predicted molar refractivity (Wildman–Crippen MR) is 142 cm³/mol. The maximum Gasteiger partial charge on any atom is 0.414 e. The van der Waals surface area contributed by atoms with Crippen molar-refractivity contribution in [1.82, 2.24) is 19.9 Å². The van der Waals surface area contributed by atoms with Gasteiger partial charge in [-0.2, -0.15) is 0 Å². The van der Waals surface area contributed by atoms with Gasteiger partial charge in [-0.25, -0.2) is 14.8 Å². The van der Waals surface area contributed by atoms with E-state index in [9.17, 15) is 4.79 Å². The van der Waals surface area contributed by atoms with Crippen molar-refractivity contribution in [3.05, 3.63) is 66.4 Å². The molecule has 2 aromatic heterocycles. The van der Waals surface area contributed by atoms with Crippen molar-refractivity contribution in [2.45, 2.75) is 52.5 Å². The van der Waals surface area contributed by atoms with E-state index >= 15 is 0 Å². The Hall–Kier alpha value is -4.07. The average molecular weight is 488 g/mol. The van der Waals surface area contributed by atoms with Crippen LogP contribution in [-0.4, -0.2) is 26.2 Å². The zero-order valence-electron chi connectivity index (χ0n) is 21.8. The van der Waals surface area contributed by atoms with Gasteiger partial charge in [-0.15, -0.1) is 0 Å². The molecule has 188 valence electrons. The van der Waals surface area contributed by atoms with Crippen molar-refractivity contribution in [3.8, 4) is 17.4 Å². The lowest BCUT2D eigenvalue weighted by molar-refractivity contribution is 0.188. The molecular formula is C28H33N5O3. The fraction of sp³-hybridized carbons (Fsp3) is 0.321. The molecule has 4 aromatic rings. The van der Waals surface area contributed by atoms with Crippen LogP contribution in [0, 0.1) is 0 Å². The van der Waals surface area contributed by atoms with E-state index in [-0.39, 0.29) is 11.3 Å². The summed E-state index contributed by atoms with van der Waals surface area (Å²) in [4.78, 5) is 20.9. The van der Waals surface area contributed by atoms with Gasteiger partial charge in [-0.05, 0) is 62.1 Å². The minimum absolute atomic E-state index is 0.0601. The highest BCUT2D eigenvalue weighted by Crippen LogP contribution is 2.30. The van der Waals surface area contributed by atoms with Crippen LogP contribution in [0.15, 0.2) is 60.8 Å². The third-order valence-electron chi connectivity index (χ3n) is 5.45. The quantitative estimate of drug-likeness (QED) is 0.326. The van der Waals surface area contributed by atoms with E-state index in [1.807, 2.05) is 56.7 Å². The van der Waals surface area contributed by atoms with Crippen LogP contribution in [0.4, 0.5) is 16.4 Å². The van der Waals surface area contributed by atoms with E-state index < -0.39 is 11.6 Å². The lowest BCUT2D eigenvalue weighted by Gasteiger charge is -2.20. The first-order valence-corrected chi connectivity index (χ1v) is 11.9. The number of amides is 1. The average Bonchev–Trinajstić information content (AvgIpc) is 3.07. The van der Waals surface area contributed by atoms with Crippen molar-refractivity contribution in [2.24, 2.45) is 7.05 Å². The highest BCUT2D eigenvalue weighted by Gasteiger charge is 2.17. The predicted octanol–water partition coefficient (Wildman–Crippen LogP) is 6.69. The van der Waals surface area contributed by atoms with E-state index in [1.165, 1.54) is 11.8 Å². The number of rotatable bonds is 5. The molecule has 0 saturated heterocycles. The minimum atomic E-state index is -0.574. The number of hydrogen-bond acceptors (Lipinski definition) is 6. The maximum atomic E-state index is 12.0. The van der Waals surface area contributed by atoms with Gasteiger partial charge < -0.3 is 24.7 Å². The number of carbonyl (C=O) groups excluding carboxylic acids is 1. The standard InChI is InChI=1S/C28H33N5O3/c1-27(2,3)18-9-8-10-19(15-18)30-25-31-22-16-20(11-12-23(22)33(25)7)35-21-13-14-29-24(17-21)36-26(34)32-28(4,5)6/h8-17H,1-7H3,(H,30,31)(H,32,34). The van der Waals surface area contributed by atoms with Gasteiger partial charge in [0, 0.05) is 36.6 Å². The zero-order chi connectivity index (χ0) is 26.1. The van der Waals surface area contributed by atoms with Crippen LogP contribution < -0.4 is 20.1 Å². The summed E-state index contributed by atoms with van der Waals surface area (Å²) in [5, 5.41) is 6.17. The Labute approximate surface area is 211 Å². The molecule has 36 heavy (non-hydrogen) atoms. The van der Waals surface area contributed by atoms with Crippen molar-refractivity contribution in [2.75, 3.05) is 5.32 Å². The molecule has 0 spiro atoms. The van der Waals surface area contributed by atoms with E-state index in [0.29, 0.717) is 11.5 Å². The summed E-state index contributed by atoms with van der Waals surface area (Å²) in [6.45, 7) is 12.2. The highest BCUT2D eigenvalue weighted by atomic mass is 16.6. The number of pyridine rings is 1. The molecule has 0 atom stereocenters. The summed E-state index contributed by atoms with van der Waals surface area (Å²) >= 11 is 0. The third-order valence-corrected chi connectivity index (χ3v) is 5.45. The minimum Gasteiger partial charge on any atom is -0.457 e. The van der Waals surface area contributed by atoms with Crippen LogP contribution >= 0.6 is 0 Å². The van der Waals surface area contributed by atoms with E-state index in [2.05, 4.69) is 54.6 Å². The summed E-state index contributed by atoms with van der Waals surface area (Å²) < 4.78 is 13.3. The second-order valence-corrected chi connectivity index (χ2v) is 10.8. The third kappa shape index (κ3) is 6.13. The number of anilines is 2. The maximum absolute atomic E-state index is 12.0. The second kappa shape index (κ2) is 9.53. The smallest absolute Gasteiger partial charge is 0.414 e. The van der Waals surface area contributed by atoms with Crippen molar-refractivity contribution in [3.63, 3.8) is 0 Å². The molecule has 8 heteroatoms. The van der Waals surface area contributed by atoms with Gasteiger partial charge in [0.1, 0.15) is 11.5 Å². The normalized spacial score (nSPS) is 11.9. The van der Waals surface area contributed by atoms with Crippen LogP contribution in [0.2, 0.25) is 0 Å². The first-order chi connectivity index (χ1) is 16.9. The Balaban J connectivity index is 1.51. The van der Waals surface area contributed by atoms with Crippen LogP contribution in [0.25, 0.3) is 11.0 Å². The summed E-state index contributed by atoms with van der Waals surface area (Å²) in [7, 11) is 1.97.